The lowest BCUT2D eigenvalue weighted by Gasteiger charge is -2.52. The van der Waals surface area contributed by atoms with Crippen LogP contribution in [0.3, 0.4) is 0 Å². The van der Waals surface area contributed by atoms with Crippen LogP contribution in [0.5, 0.6) is 0 Å². The maximum Gasteiger partial charge on any atom is 0.254 e. The second-order valence-electron chi connectivity index (χ2n) is 12.7. The molecule has 0 aromatic rings. The number of hydrogen-bond acceptors (Lipinski definition) is 16. The number of amides is 1. The number of likely N-dealkylation sites (N-methyl/N-ethyl adjacent to an activating group) is 1. The topological polar surface area (TPSA) is 333 Å². The lowest BCUT2D eigenvalue weighted by Crippen LogP contribution is -2.71. The van der Waals surface area contributed by atoms with Crippen molar-refractivity contribution in [3.63, 3.8) is 0 Å². The molecule has 0 radical (unpaired) electrons. The summed E-state index contributed by atoms with van der Waals surface area (Å²) in [5.74, 6) is -2.33. The van der Waals surface area contributed by atoms with Gasteiger partial charge in [0.2, 0.25) is 0 Å². The fourth-order valence-electron chi connectivity index (χ4n) is 6.67. The van der Waals surface area contributed by atoms with E-state index >= 15 is 0 Å². The second-order valence-corrected chi connectivity index (χ2v) is 12.7. The molecule has 0 aromatic carbocycles. The van der Waals surface area contributed by atoms with Gasteiger partial charge in [0.25, 0.3) is 5.91 Å². The Hall–Kier alpha value is -1.82. The number of nitrogens with one attached hydrogen (secondary N) is 3. The zero-order chi connectivity index (χ0) is 33.4. The average molecular weight is 652 g/mol. The highest BCUT2D eigenvalue weighted by atomic mass is 16.7. The molecule has 2 aliphatic carbocycles. The van der Waals surface area contributed by atoms with Gasteiger partial charge in [0, 0.05) is 31.5 Å². The molecule has 2 saturated heterocycles. The van der Waals surface area contributed by atoms with Crippen molar-refractivity contribution in [1.29, 1.82) is 0 Å². The van der Waals surface area contributed by atoms with Gasteiger partial charge in [-0.3, -0.25) is 4.79 Å². The SMILES string of the molecule is CNC1C(O)C(OC2C(NC(=O)C3(O)CC3N=C(N)N)CC(N)C(C3OC(CNCCO)C(O)C(O)C3O)C2O)OCC1(C)O. The van der Waals surface area contributed by atoms with E-state index in [1.54, 1.807) is 0 Å². The molecule has 0 spiro atoms. The Balaban J connectivity index is 1.60. The van der Waals surface area contributed by atoms with Crippen molar-refractivity contribution in [2.75, 3.05) is 33.4 Å². The average Bonchev–Trinajstić information content (AvgIpc) is 3.62. The van der Waals surface area contributed by atoms with Crippen LogP contribution >= 0.6 is 0 Å². The zero-order valence-electron chi connectivity index (χ0n) is 25.2. The van der Waals surface area contributed by atoms with Gasteiger partial charge in [-0.1, -0.05) is 0 Å². The summed E-state index contributed by atoms with van der Waals surface area (Å²) in [5.41, 5.74) is 13.9. The molecular weight excluding hydrogens is 602 g/mol. The summed E-state index contributed by atoms with van der Waals surface area (Å²) in [6.45, 7) is 1.15. The first kappa shape index (κ1) is 36.0. The lowest BCUT2D eigenvalue weighted by atomic mass is 9.72. The number of hydrogen-bond donors (Lipinski definition) is 14. The molecule has 2 saturated carbocycles. The van der Waals surface area contributed by atoms with Crippen LogP contribution < -0.4 is 33.2 Å². The van der Waals surface area contributed by atoms with Crippen molar-refractivity contribution in [1.82, 2.24) is 16.0 Å². The van der Waals surface area contributed by atoms with E-state index in [0.29, 0.717) is 0 Å². The molecular formula is C26H49N7O12. The van der Waals surface area contributed by atoms with E-state index in [4.69, 9.17) is 36.5 Å². The zero-order valence-corrected chi connectivity index (χ0v) is 25.2. The van der Waals surface area contributed by atoms with Crippen LogP contribution in [0.2, 0.25) is 0 Å². The number of guanidine groups is 1. The minimum Gasteiger partial charge on any atom is -0.395 e. The van der Waals surface area contributed by atoms with Crippen LogP contribution in [0.15, 0.2) is 4.99 Å². The molecule has 4 rings (SSSR count). The van der Waals surface area contributed by atoms with Gasteiger partial charge in [-0.15, -0.1) is 0 Å². The van der Waals surface area contributed by atoms with Crippen molar-refractivity contribution >= 4 is 11.9 Å². The summed E-state index contributed by atoms with van der Waals surface area (Å²) < 4.78 is 17.7. The van der Waals surface area contributed by atoms with Gasteiger partial charge in [0.05, 0.1) is 49.7 Å². The highest BCUT2D eigenvalue weighted by Gasteiger charge is 2.62. The minimum absolute atomic E-state index is 0.0122. The molecule has 0 bridgehead atoms. The van der Waals surface area contributed by atoms with Crippen LogP contribution in [0.25, 0.3) is 0 Å². The van der Waals surface area contributed by atoms with Gasteiger partial charge in [-0.25, -0.2) is 4.99 Å². The quantitative estimate of drug-likeness (QED) is 0.0560. The number of nitrogens with zero attached hydrogens (tertiary/aromatic N) is 1. The van der Waals surface area contributed by atoms with E-state index in [1.165, 1.54) is 14.0 Å². The molecule has 260 valence electrons. The molecule has 19 heteroatoms. The van der Waals surface area contributed by atoms with Crippen LogP contribution in [0.1, 0.15) is 19.8 Å². The van der Waals surface area contributed by atoms with Crippen LogP contribution in [0, 0.1) is 5.92 Å². The first-order valence-electron chi connectivity index (χ1n) is 15.0. The second kappa shape index (κ2) is 14.1. The monoisotopic (exact) mass is 651 g/mol. The molecule has 4 aliphatic rings. The molecule has 2 aliphatic heterocycles. The largest absolute Gasteiger partial charge is 0.395 e. The van der Waals surface area contributed by atoms with Crippen LogP contribution in [-0.2, 0) is 19.0 Å². The number of aliphatic hydroxyl groups excluding tert-OH is 6. The number of ether oxygens (including phenoxy) is 3. The van der Waals surface area contributed by atoms with Gasteiger partial charge in [0.1, 0.15) is 36.1 Å². The van der Waals surface area contributed by atoms with Crippen molar-refractivity contribution in [2.24, 2.45) is 28.1 Å². The van der Waals surface area contributed by atoms with E-state index in [0.717, 1.165) is 0 Å². The van der Waals surface area contributed by atoms with Crippen molar-refractivity contribution in [2.45, 2.75) is 110 Å². The molecule has 45 heavy (non-hydrogen) atoms. The van der Waals surface area contributed by atoms with Gasteiger partial charge < -0.3 is 88.2 Å². The molecule has 4 fully saturated rings. The molecule has 2 heterocycles. The smallest absolute Gasteiger partial charge is 0.254 e. The predicted molar refractivity (Wildman–Crippen MR) is 154 cm³/mol. The summed E-state index contributed by atoms with van der Waals surface area (Å²) in [6, 6.07) is -3.90. The highest BCUT2D eigenvalue weighted by Crippen LogP contribution is 2.41. The Bertz CT molecular complexity index is 1060. The Morgan fingerprint density at radius 3 is 2.38 bits per heavy atom. The first-order chi connectivity index (χ1) is 21.1. The molecule has 19 nitrogen and oxygen atoms in total. The molecule has 17 N–H and O–H groups in total. The minimum atomic E-state index is -1.94. The van der Waals surface area contributed by atoms with Crippen LogP contribution in [-0.4, -0.2) is 177 Å². The maximum absolute atomic E-state index is 13.2. The van der Waals surface area contributed by atoms with E-state index in [1.807, 2.05) is 0 Å². The molecule has 0 aromatic heterocycles. The summed E-state index contributed by atoms with van der Waals surface area (Å²) >= 11 is 0. The lowest BCUT2D eigenvalue weighted by molar-refractivity contribution is -0.303. The molecule has 1 amide bonds. The summed E-state index contributed by atoms with van der Waals surface area (Å²) in [4.78, 5) is 17.0. The Morgan fingerprint density at radius 1 is 1.07 bits per heavy atom. The number of nitrogens with two attached hydrogens (primary N) is 3. The van der Waals surface area contributed by atoms with E-state index in [-0.39, 0.29) is 45.1 Å². The highest BCUT2D eigenvalue weighted by molar-refractivity contribution is 5.90. The van der Waals surface area contributed by atoms with E-state index < -0.39 is 102 Å². The van der Waals surface area contributed by atoms with E-state index in [9.17, 15) is 40.5 Å². The van der Waals surface area contributed by atoms with Crippen LogP contribution in [0.4, 0.5) is 0 Å². The Kier molecular flexibility index (Phi) is 11.3. The normalized spacial score (nSPS) is 48.4. The summed E-state index contributed by atoms with van der Waals surface area (Å²) in [6.07, 6.45) is -13.4. The van der Waals surface area contributed by atoms with Crippen molar-refractivity contribution < 1.29 is 59.9 Å². The van der Waals surface area contributed by atoms with Gasteiger partial charge in [0.15, 0.2) is 17.9 Å². The fourth-order valence-corrected chi connectivity index (χ4v) is 6.67. The number of rotatable bonds is 11. The Labute approximate surface area is 259 Å². The van der Waals surface area contributed by atoms with Gasteiger partial charge in [-0.2, -0.15) is 0 Å². The van der Waals surface area contributed by atoms with Crippen molar-refractivity contribution in [3.05, 3.63) is 0 Å². The Morgan fingerprint density at radius 2 is 1.76 bits per heavy atom. The standard InChI is InChI=1S/C26H49N7O12/c1-25(41)8-43-22(18(39)21(25)30-2)45-19-10(32-23(40)26(42)6-12(26)33-24(28)29)5-9(27)13(15(19)36)20-17(38)16(37)14(35)11(44-20)7-31-3-4-34/h9-22,30-31,34-39,41-42H,3-8,27H2,1-2H3,(H,32,40)(H4,28,29,33). The number of carbonyl (C=O) groups excluding carboxylic acids is 1. The fraction of sp³-hybridized carbons (Fsp3) is 0.923. The van der Waals surface area contributed by atoms with Gasteiger partial charge >= 0.3 is 0 Å². The molecule has 16 unspecified atom stereocenters. The maximum atomic E-state index is 13.2. The number of aliphatic hydroxyl groups is 8. The number of carbonyl (C=O) groups is 1. The van der Waals surface area contributed by atoms with Crippen molar-refractivity contribution in [3.8, 4) is 0 Å². The third kappa shape index (κ3) is 7.36. The third-order valence-corrected chi connectivity index (χ3v) is 9.25. The number of aliphatic imine (C=N–C) groups is 1. The summed E-state index contributed by atoms with van der Waals surface area (Å²) in [5, 5.41) is 93.8. The van der Waals surface area contributed by atoms with Gasteiger partial charge in [-0.05, 0) is 20.4 Å². The third-order valence-electron chi connectivity index (χ3n) is 9.25. The molecule has 16 atom stereocenters. The van der Waals surface area contributed by atoms with E-state index in [2.05, 4.69) is 20.9 Å². The first-order valence-corrected chi connectivity index (χ1v) is 15.0. The predicted octanol–water partition coefficient (Wildman–Crippen LogP) is -8.17. The summed E-state index contributed by atoms with van der Waals surface area (Å²) in [7, 11) is 1.52.